The predicted molar refractivity (Wildman–Crippen MR) is 90.3 cm³/mol. The molecule has 0 saturated carbocycles. The van der Waals surface area contributed by atoms with E-state index in [-0.39, 0.29) is 48.5 Å². The quantitative estimate of drug-likeness (QED) is 0.726. The maximum Gasteiger partial charge on any atom is 0.161 e. The summed E-state index contributed by atoms with van der Waals surface area (Å²) >= 11 is 0. The van der Waals surface area contributed by atoms with E-state index in [1.54, 1.807) is 6.07 Å². The number of hydrogen-bond donors (Lipinski definition) is 3. The third-order valence-electron chi connectivity index (χ3n) is 4.31. The number of aromatic hydroxyl groups is 2. The maximum atomic E-state index is 10.1. The Morgan fingerprint density at radius 2 is 1.86 bits per heavy atom. The van der Waals surface area contributed by atoms with Crippen molar-refractivity contribution in [2.45, 2.75) is 31.5 Å². The molecule has 0 aromatic heterocycles. The van der Waals surface area contributed by atoms with Crippen molar-refractivity contribution in [2.24, 2.45) is 5.73 Å². The van der Waals surface area contributed by atoms with Gasteiger partial charge in [-0.2, -0.15) is 0 Å². The SMILES string of the molecule is Cl.Cl.NCC1OC(CN2CCCC2)Cc2c1ccc(O)c2O. The van der Waals surface area contributed by atoms with Crippen molar-refractivity contribution < 1.29 is 14.9 Å². The second kappa shape index (κ2) is 8.22. The van der Waals surface area contributed by atoms with Gasteiger partial charge >= 0.3 is 0 Å². The highest BCUT2D eigenvalue weighted by Crippen LogP contribution is 2.39. The third kappa shape index (κ3) is 3.78. The summed E-state index contributed by atoms with van der Waals surface area (Å²) in [5, 5.41) is 19.7. The van der Waals surface area contributed by atoms with Crippen LogP contribution in [0.5, 0.6) is 11.5 Å². The highest BCUT2D eigenvalue weighted by molar-refractivity contribution is 5.85. The molecule has 0 aliphatic carbocycles. The topological polar surface area (TPSA) is 79.0 Å². The largest absolute Gasteiger partial charge is 0.504 e. The van der Waals surface area contributed by atoms with Crippen LogP contribution in [0.25, 0.3) is 0 Å². The lowest BCUT2D eigenvalue weighted by Gasteiger charge is -2.34. The van der Waals surface area contributed by atoms with E-state index in [9.17, 15) is 10.2 Å². The summed E-state index contributed by atoms with van der Waals surface area (Å²) in [6.45, 7) is 3.48. The minimum atomic E-state index is -0.196. The Labute approximate surface area is 143 Å². The average Bonchev–Trinajstić information content (AvgIpc) is 2.95. The fourth-order valence-corrected chi connectivity index (χ4v) is 3.28. The first-order valence-corrected chi connectivity index (χ1v) is 7.30. The van der Waals surface area contributed by atoms with Crippen molar-refractivity contribution >= 4 is 24.8 Å². The molecule has 0 bridgehead atoms. The zero-order valence-electron chi connectivity index (χ0n) is 12.4. The summed E-state index contributed by atoms with van der Waals surface area (Å²) in [6.07, 6.45) is 2.95. The Morgan fingerprint density at radius 1 is 1.18 bits per heavy atom. The van der Waals surface area contributed by atoms with Crippen LogP contribution >= 0.6 is 24.8 Å². The molecule has 1 aromatic carbocycles. The monoisotopic (exact) mass is 350 g/mol. The lowest BCUT2D eigenvalue weighted by atomic mass is 9.92. The molecular weight excluding hydrogens is 327 g/mol. The number of hydrogen-bond acceptors (Lipinski definition) is 5. The zero-order chi connectivity index (χ0) is 14.1. The van der Waals surface area contributed by atoms with Gasteiger partial charge in [-0.1, -0.05) is 6.07 Å². The first-order chi connectivity index (χ1) is 9.69. The molecule has 2 aliphatic rings. The summed E-state index contributed by atoms with van der Waals surface area (Å²) < 4.78 is 6.06. The van der Waals surface area contributed by atoms with E-state index >= 15 is 0 Å². The van der Waals surface area contributed by atoms with E-state index < -0.39 is 0 Å². The van der Waals surface area contributed by atoms with Gasteiger partial charge in [0.05, 0.1) is 12.2 Å². The predicted octanol–water partition coefficient (Wildman–Crippen LogP) is 1.98. The van der Waals surface area contributed by atoms with E-state index in [0.29, 0.717) is 13.0 Å². The molecule has 2 aliphatic heterocycles. The Balaban J connectivity index is 0.00000121. The Hall–Kier alpha value is -0.720. The van der Waals surface area contributed by atoms with Gasteiger partial charge in [0, 0.05) is 25.1 Å². The molecule has 0 spiro atoms. The summed E-state index contributed by atoms with van der Waals surface area (Å²) in [5.41, 5.74) is 7.48. The van der Waals surface area contributed by atoms with Crippen LogP contribution < -0.4 is 5.73 Å². The fourth-order valence-electron chi connectivity index (χ4n) is 3.28. The van der Waals surface area contributed by atoms with Crippen LogP contribution in [0.3, 0.4) is 0 Å². The molecule has 3 rings (SSSR count). The molecule has 1 saturated heterocycles. The number of phenols is 2. The number of benzene rings is 1. The van der Waals surface area contributed by atoms with Crippen LogP contribution in [0.1, 0.15) is 30.1 Å². The molecule has 1 aromatic rings. The van der Waals surface area contributed by atoms with E-state index in [1.807, 2.05) is 0 Å². The van der Waals surface area contributed by atoms with Crippen LogP contribution in [-0.4, -0.2) is 47.4 Å². The maximum absolute atomic E-state index is 10.1. The average molecular weight is 351 g/mol. The first kappa shape index (κ1) is 19.3. The van der Waals surface area contributed by atoms with Crippen molar-refractivity contribution in [3.05, 3.63) is 23.3 Å². The van der Waals surface area contributed by atoms with Crippen LogP contribution in [-0.2, 0) is 11.2 Å². The molecule has 7 heteroatoms. The second-order valence-corrected chi connectivity index (χ2v) is 5.70. The second-order valence-electron chi connectivity index (χ2n) is 5.70. The van der Waals surface area contributed by atoms with Crippen LogP contribution in [0, 0.1) is 0 Å². The number of nitrogens with two attached hydrogens (primary N) is 1. The van der Waals surface area contributed by atoms with Crippen LogP contribution in [0.15, 0.2) is 12.1 Å². The van der Waals surface area contributed by atoms with Gasteiger partial charge in [-0.25, -0.2) is 0 Å². The number of fused-ring (bicyclic) bond motifs is 1. The van der Waals surface area contributed by atoms with Gasteiger partial charge in [0.15, 0.2) is 11.5 Å². The number of phenolic OH excluding ortho intramolecular Hbond substituents is 2. The molecule has 2 heterocycles. The van der Waals surface area contributed by atoms with Gasteiger partial charge in [-0.3, -0.25) is 0 Å². The third-order valence-corrected chi connectivity index (χ3v) is 4.31. The summed E-state index contributed by atoms with van der Waals surface area (Å²) in [7, 11) is 0. The smallest absolute Gasteiger partial charge is 0.161 e. The van der Waals surface area contributed by atoms with Gasteiger partial charge in [0.2, 0.25) is 0 Å². The standard InChI is InChI=1S/C15H22N2O3.2ClH/c16-8-14-11-3-4-13(18)15(19)12(11)7-10(20-14)9-17-5-1-2-6-17;;/h3-4,10,14,18-19H,1-2,5-9,16H2;2*1H. The highest BCUT2D eigenvalue weighted by atomic mass is 35.5. The molecule has 22 heavy (non-hydrogen) atoms. The summed E-state index contributed by atoms with van der Waals surface area (Å²) in [6, 6.07) is 3.30. The lowest BCUT2D eigenvalue weighted by Crippen LogP contribution is -2.38. The molecule has 5 nitrogen and oxygen atoms in total. The minimum Gasteiger partial charge on any atom is -0.504 e. The van der Waals surface area contributed by atoms with Crippen LogP contribution in [0.4, 0.5) is 0 Å². The molecule has 1 fully saturated rings. The van der Waals surface area contributed by atoms with E-state index in [2.05, 4.69) is 4.90 Å². The molecular formula is C15H24Cl2N2O3. The van der Waals surface area contributed by atoms with Crippen molar-refractivity contribution in [3.63, 3.8) is 0 Å². The van der Waals surface area contributed by atoms with Gasteiger partial charge in [0.1, 0.15) is 0 Å². The Bertz CT molecular complexity index is 496. The summed E-state index contributed by atoms with van der Waals surface area (Å²) in [5.74, 6) is -0.0861. The normalized spacial score (nSPS) is 24.2. The van der Waals surface area contributed by atoms with Gasteiger partial charge in [-0.15, -0.1) is 24.8 Å². The van der Waals surface area contributed by atoms with Crippen molar-refractivity contribution in [1.29, 1.82) is 0 Å². The Kier molecular flexibility index (Phi) is 7.22. The van der Waals surface area contributed by atoms with E-state index in [0.717, 1.165) is 30.8 Å². The van der Waals surface area contributed by atoms with Crippen molar-refractivity contribution in [1.82, 2.24) is 4.90 Å². The molecule has 2 unspecified atom stereocenters. The molecule has 2 atom stereocenters. The number of nitrogens with zero attached hydrogens (tertiary/aromatic N) is 1. The Morgan fingerprint density at radius 3 is 2.50 bits per heavy atom. The van der Waals surface area contributed by atoms with Crippen molar-refractivity contribution in [2.75, 3.05) is 26.2 Å². The van der Waals surface area contributed by atoms with Gasteiger partial charge < -0.3 is 25.6 Å². The summed E-state index contributed by atoms with van der Waals surface area (Å²) in [4.78, 5) is 2.39. The lowest BCUT2D eigenvalue weighted by molar-refractivity contribution is -0.0347. The van der Waals surface area contributed by atoms with Crippen molar-refractivity contribution in [3.8, 4) is 11.5 Å². The molecule has 126 valence electrons. The highest BCUT2D eigenvalue weighted by Gasteiger charge is 2.31. The number of rotatable bonds is 3. The zero-order valence-corrected chi connectivity index (χ0v) is 14.0. The molecule has 0 radical (unpaired) electrons. The molecule has 0 amide bonds. The number of ether oxygens (including phenoxy) is 1. The minimum absolute atomic E-state index is 0. The first-order valence-electron chi connectivity index (χ1n) is 7.30. The van der Waals surface area contributed by atoms with Crippen LogP contribution in [0.2, 0.25) is 0 Å². The number of halogens is 2. The van der Waals surface area contributed by atoms with E-state index in [4.69, 9.17) is 10.5 Å². The fraction of sp³-hybridized carbons (Fsp3) is 0.600. The molecule has 4 N–H and O–H groups in total. The van der Waals surface area contributed by atoms with Gasteiger partial charge in [-0.05, 0) is 37.6 Å². The van der Waals surface area contributed by atoms with E-state index in [1.165, 1.54) is 18.9 Å². The van der Waals surface area contributed by atoms with Gasteiger partial charge in [0.25, 0.3) is 0 Å². The number of likely N-dealkylation sites (tertiary alicyclic amines) is 1.